The number of anilines is 3. The van der Waals surface area contributed by atoms with Crippen LogP contribution >= 0.6 is 0 Å². The van der Waals surface area contributed by atoms with Crippen LogP contribution in [0.5, 0.6) is 0 Å². The summed E-state index contributed by atoms with van der Waals surface area (Å²) in [6.07, 6.45) is 2.26. The minimum Gasteiger partial charge on any atom is -0.384 e. The van der Waals surface area contributed by atoms with Gasteiger partial charge in [-0.2, -0.15) is 5.26 Å². The molecule has 5 nitrogen and oxygen atoms in total. The molecule has 0 spiro atoms. The average molecular weight is 265 g/mol. The predicted octanol–water partition coefficient (Wildman–Crippen LogP) is 2.86. The molecule has 3 N–H and O–H groups in total. The van der Waals surface area contributed by atoms with Crippen molar-refractivity contribution in [2.75, 3.05) is 11.1 Å². The van der Waals surface area contributed by atoms with Crippen molar-refractivity contribution in [3.05, 3.63) is 41.2 Å². The van der Waals surface area contributed by atoms with Crippen molar-refractivity contribution in [2.45, 2.75) is 25.7 Å². The summed E-state index contributed by atoms with van der Waals surface area (Å²) >= 11 is 0. The van der Waals surface area contributed by atoms with Crippen LogP contribution in [0, 0.1) is 18.3 Å². The van der Waals surface area contributed by atoms with Crippen molar-refractivity contribution < 1.29 is 0 Å². The van der Waals surface area contributed by atoms with Gasteiger partial charge in [0.25, 0.3) is 0 Å². The smallest absolute Gasteiger partial charge is 0.136 e. The first-order valence-corrected chi connectivity index (χ1v) is 6.58. The maximum atomic E-state index is 8.96. The Labute approximate surface area is 117 Å². The second kappa shape index (κ2) is 4.82. The molecule has 0 atom stereocenters. The Hall–Kier alpha value is -2.61. The number of nitrogen functional groups attached to an aromatic ring is 1. The average Bonchev–Trinajstić information content (AvgIpc) is 3.25. The topological polar surface area (TPSA) is 87.6 Å². The second-order valence-electron chi connectivity index (χ2n) is 5.08. The number of rotatable bonds is 3. The molecule has 0 unspecified atom stereocenters. The van der Waals surface area contributed by atoms with E-state index in [2.05, 4.69) is 21.4 Å². The standard InChI is InChI=1S/C15H15N5/c1-9-2-3-10(8-16)6-12(9)18-14-7-13(17)19-15(20-14)11-4-5-11/h2-3,6-7,11H,4-5H2,1H3,(H3,17,18,19,20). The van der Waals surface area contributed by atoms with Crippen LogP contribution in [0.2, 0.25) is 0 Å². The summed E-state index contributed by atoms with van der Waals surface area (Å²) in [4.78, 5) is 8.77. The van der Waals surface area contributed by atoms with Gasteiger partial charge in [-0.1, -0.05) is 6.07 Å². The number of nitrogens with one attached hydrogen (secondary N) is 1. The van der Waals surface area contributed by atoms with E-state index in [1.807, 2.05) is 19.1 Å². The first-order valence-electron chi connectivity index (χ1n) is 6.58. The van der Waals surface area contributed by atoms with Crippen LogP contribution in [0.25, 0.3) is 0 Å². The van der Waals surface area contributed by atoms with Crippen molar-refractivity contribution in [1.29, 1.82) is 5.26 Å². The van der Waals surface area contributed by atoms with Gasteiger partial charge >= 0.3 is 0 Å². The number of aromatic nitrogens is 2. The number of nitrogens with zero attached hydrogens (tertiary/aromatic N) is 3. The molecule has 1 aliphatic carbocycles. The summed E-state index contributed by atoms with van der Waals surface area (Å²) in [7, 11) is 0. The van der Waals surface area contributed by atoms with Crippen molar-refractivity contribution in [3.8, 4) is 6.07 Å². The lowest BCUT2D eigenvalue weighted by Gasteiger charge is -2.10. The molecule has 100 valence electrons. The lowest BCUT2D eigenvalue weighted by atomic mass is 10.1. The maximum Gasteiger partial charge on any atom is 0.136 e. The molecule has 0 bridgehead atoms. The van der Waals surface area contributed by atoms with E-state index in [-0.39, 0.29) is 0 Å². The van der Waals surface area contributed by atoms with E-state index in [4.69, 9.17) is 11.0 Å². The predicted molar refractivity (Wildman–Crippen MR) is 77.6 cm³/mol. The fourth-order valence-corrected chi connectivity index (χ4v) is 2.04. The SMILES string of the molecule is Cc1ccc(C#N)cc1Nc1cc(N)nc(C2CC2)n1. The van der Waals surface area contributed by atoms with Gasteiger partial charge in [0.1, 0.15) is 17.5 Å². The Balaban J connectivity index is 1.93. The Morgan fingerprint density at radius 2 is 2.10 bits per heavy atom. The van der Waals surface area contributed by atoms with E-state index >= 15 is 0 Å². The van der Waals surface area contributed by atoms with Crippen molar-refractivity contribution in [2.24, 2.45) is 0 Å². The zero-order valence-electron chi connectivity index (χ0n) is 11.2. The van der Waals surface area contributed by atoms with Crippen LogP contribution in [-0.4, -0.2) is 9.97 Å². The van der Waals surface area contributed by atoms with E-state index in [0.717, 1.165) is 29.9 Å². The molecule has 1 heterocycles. The molecule has 1 fully saturated rings. The van der Waals surface area contributed by atoms with Crippen LogP contribution in [-0.2, 0) is 0 Å². The lowest BCUT2D eigenvalue weighted by molar-refractivity contribution is 0.935. The fraction of sp³-hybridized carbons (Fsp3) is 0.267. The largest absolute Gasteiger partial charge is 0.384 e. The zero-order valence-corrected chi connectivity index (χ0v) is 11.2. The number of hydrogen-bond acceptors (Lipinski definition) is 5. The van der Waals surface area contributed by atoms with Crippen LogP contribution in [0.15, 0.2) is 24.3 Å². The molecule has 1 saturated carbocycles. The van der Waals surface area contributed by atoms with E-state index in [0.29, 0.717) is 23.1 Å². The Kier molecular flexibility index (Phi) is 2.99. The van der Waals surface area contributed by atoms with Gasteiger partial charge in [0.2, 0.25) is 0 Å². The summed E-state index contributed by atoms with van der Waals surface area (Å²) in [6, 6.07) is 9.36. The molecule has 3 rings (SSSR count). The summed E-state index contributed by atoms with van der Waals surface area (Å²) in [5.41, 5.74) is 8.36. The molecule has 2 aromatic rings. The number of nitriles is 1. The third-order valence-electron chi connectivity index (χ3n) is 3.34. The van der Waals surface area contributed by atoms with Gasteiger partial charge in [-0.05, 0) is 37.5 Å². The van der Waals surface area contributed by atoms with E-state index in [1.165, 1.54) is 0 Å². The number of benzene rings is 1. The van der Waals surface area contributed by atoms with Gasteiger partial charge in [0.05, 0.1) is 11.6 Å². The summed E-state index contributed by atoms with van der Waals surface area (Å²) < 4.78 is 0. The van der Waals surface area contributed by atoms with Crippen LogP contribution in [0.4, 0.5) is 17.3 Å². The molecule has 0 radical (unpaired) electrons. The summed E-state index contributed by atoms with van der Waals surface area (Å²) in [6.45, 7) is 1.98. The zero-order chi connectivity index (χ0) is 14.1. The minimum atomic E-state index is 0.450. The van der Waals surface area contributed by atoms with Crippen LogP contribution < -0.4 is 11.1 Å². The summed E-state index contributed by atoms with van der Waals surface area (Å²) in [5, 5.41) is 12.2. The molecule has 0 amide bonds. The Morgan fingerprint density at radius 1 is 1.30 bits per heavy atom. The van der Waals surface area contributed by atoms with Crippen molar-refractivity contribution in [1.82, 2.24) is 9.97 Å². The Morgan fingerprint density at radius 3 is 2.80 bits per heavy atom. The normalized spacial score (nSPS) is 13.8. The third-order valence-corrected chi connectivity index (χ3v) is 3.34. The maximum absolute atomic E-state index is 8.96. The molecular formula is C15H15N5. The van der Waals surface area contributed by atoms with Crippen molar-refractivity contribution >= 4 is 17.3 Å². The van der Waals surface area contributed by atoms with E-state index in [1.54, 1.807) is 12.1 Å². The third kappa shape index (κ3) is 2.54. The fourth-order valence-electron chi connectivity index (χ4n) is 2.04. The van der Waals surface area contributed by atoms with Gasteiger partial charge in [-0.25, -0.2) is 9.97 Å². The molecule has 5 heteroatoms. The molecule has 1 aromatic carbocycles. The molecule has 0 saturated heterocycles. The second-order valence-corrected chi connectivity index (χ2v) is 5.08. The monoisotopic (exact) mass is 265 g/mol. The van der Waals surface area contributed by atoms with Crippen molar-refractivity contribution in [3.63, 3.8) is 0 Å². The molecule has 20 heavy (non-hydrogen) atoms. The van der Waals surface area contributed by atoms with Gasteiger partial charge < -0.3 is 11.1 Å². The number of hydrogen-bond donors (Lipinski definition) is 2. The molecule has 1 aromatic heterocycles. The highest BCUT2D eigenvalue weighted by Crippen LogP contribution is 2.38. The van der Waals surface area contributed by atoms with Crippen LogP contribution in [0.3, 0.4) is 0 Å². The summed E-state index contributed by atoms with van der Waals surface area (Å²) in [5.74, 6) is 2.41. The number of nitrogens with two attached hydrogens (primary N) is 1. The van der Waals surface area contributed by atoms with E-state index in [9.17, 15) is 0 Å². The highest BCUT2D eigenvalue weighted by molar-refractivity contribution is 5.64. The molecular weight excluding hydrogens is 250 g/mol. The van der Waals surface area contributed by atoms with Crippen LogP contribution in [0.1, 0.15) is 35.7 Å². The minimum absolute atomic E-state index is 0.450. The van der Waals surface area contributed by atoms with Gasteiger partial charge in [-0.3, -0.25) is 0 Å². The molecule has 1 aliphatic rings. The quantitative estimate of drug-likeness (QED) is 0.890. The first kappa shape index (κ1) is 12.4. The highest BCUT2D eigenvalue weighted by atomic mass is 15.1. The van der Waals surface area contributed by atoms with Gasteiger partial charge in [0.15, 0.2) is 0 Å². The van der Waals surface area contributed by atoms with Gasteiger partial charge in [-0.15, -0.1) is 0 Å². The molecule has 0 aliphatic heterocycles. The lowest BCUT2D eigenvalue weighted by Crippen LogP contribution is -2.03. The van der Waals surface area contributed by atoms with E-state index < -0.39 is 0 Å². The highest BCUT2D eigenvalue weighted by Gasteiger charge is 2.27. The van der Waals surface area contributed by atoms with Gasteiger partial charge in [0, 0.05) is 17.7 Å². The number of aryl methyl sites for hydroxylation is 1. The first-order chi connectivity index (χ1) is 9.65. The Bertz CT molecular complexity index is 698.